The molecule has 0 unspecified atom stereocenters. The van der Waals surface area contributed by atoms with Gasteiger partial charge in [-0.05, 0) is 26.3 Å². The number of amides is 1. The van der Waals surface area contributed by atoms with E-state index in [1.807, 2.05) is 19.9 Å². The molecule has 0 aliphatic carbocycles. The number of benzene rings is 1. The van der Waals surface area contributed by atoms with E-state index in [0.29, 0.717) is 12.3 Å². The van der Waals surface area contributed by atoms with Crippen LogP contribution in [0.1, 0.15) is 25.0 Å². The van der Waals surface area contributed by atoms with Gasteiger partial charge in [0.25, 0.3) is 0 Å². The van der Waals surface area contributed by atoms with E-state index in [1.54, 1.807) is 11.8 Å². The second-order valence-corrected chi connectivity index (χ2v) is 6.10. The Kier molecular flexibility index (Phi) is 8.14. The predicted octanol–water partition coefficient (Wildman–Crippen LogP) is 2.50. The summed E-state index contributed by atoms with van der Waals surface area (Å²) < 4.78 is 0. The number of carbonyl (C=O) groups excluding carboxylic acids is 1. The first-order valence-corrected chi connectivity index (χ1v) is 7.23. The summed E-state index contributed by atoms with van der Waals surface area (Å²) >= 11 is 1.62. The molecule has 0 fully saturated rings. The topological polar surface area (TPSA) is 55.1 Å². The molecular weight excluding hydrogens is 280 g/mol. The molecule has 0 heterocycles. The van der Waals surface area contributed by atoms with Crippen LogP contribution in [0.4, 0.5) is 0 Å². The number of halogens is 1. The van der Waals surface area contributed by atoms with Crippen LogP contribution in [0, 0.1) is 6.92 Å². The van der Waals surface area contributed by atoms with E-state index in [2.05, 4.69) is 30.4 Å². The standard InChI is InChI=1S/C14H22N2OS.ClH/c1-11-5-4-6-12(7-11)8-18-9-13(17)16-14(2,3)10-15;/h4-7H,8-10,15H2,1-3H3,(H,16,17);1H. The third kappa shape index (κ3) is 7.45. The lowest BCUT2D eigenvalue weighted by Crippen LogP contribution is -2.49. The van der Waals surface area contributed by atoms with Crippen molar-refractivity contribution in [2.45, 2.75) is 32.1 Å². The van der Waals surface area contributed by atoms with Crippen molar-refractivity contribution in [1.29, 1.82) is 0 Å². The van der Waals surface area contributed by atoms with Crippen LogP contribution in [-0.2, 0) is 10.5 Å². The molecule has 3 nitrogen and oxygen atoms in total. The largest absolute Gasteiger partial charge is 0.349 e. The Hall–Kier alpha value is -0.710. The highest BCUT2D eigenvalue weighted by Gasteiger charge is 2.17. The Morgan fingerprint density at radius 3 is 2.68 bits per heavy atom. The highest BCUT2D eigenvalue weighted by Crippen LogP contribution is 2.13. The monoisotopic (exact) mass is 302 g/mol. The van der Waals surface area contributed by atoms with E-state index < -0.39 is 0 Å². The van der Waals surface area contributed by atoms with Crippen molar-refractivity contribution in [3.8, 4) is 0 Å². The second kappa shape index (κ2) is 8.46. The van der Waals surface area contributed by atoms with E-state index in [-0.39, 0.29) is 23.9 Å². The Bertz CT molecular complexity index is 410. The Morgan fingerprint density at radius 1 is 1.42 bits per heavy atom. The van der Waals surface area contributed by atoms with Crippen molar-refractivity contribution in [1.82, 2.24) is 5.32 Å². The Balaban J connectivity index is 0.00000324. The summed E-state index contributed by atoms with van der Waals surface area (Å²) in [4.78, 5) is 11.7. The van der Waals surface area contributed by atoms with Gasteiger partial charge in [-0.25, -0.2) is 0 Å². The van der Waals surface area contributed by atoms with Crippen molar-refractivity contribution in [2.24, 2.45) is 5.73 Å². The van der Waals surface area contributed by atoms with Crippen molar-refractivity contribution < 1.29 is 4.79 Å². The van der Waals surface area contributed by atoms with Crippen LogP contribution >= 0.6 is 24.2 Å². The Morgan fingerprint density at radius 2 is 2.11 bits per heavy atom. The van der Waals surface area contributed by atoms with E-state index >= 15 is 0 Å². The van der Waals surface area contributed by atoms with Crippen LogP contribution in [0.5, 0.6) is 0 Å². The SMILES string of the molecule is Cc1cccc(CSCC(=O)NC(C)(C)CN)c1.Cl. The molecular formula is C14H23ClN2OS. The fraction of sp³-hybridized carbons (Fsp3) is 0.500. The second-order valence-electron chi connectivity index (χ2n) is 5.12. The maximum Gasteiger partial charge on any atom is 0.230 e. The summed E-state index contributed by atoms with van der Waals surface area (Å²) in [7, 11) is 0. The van der Waals surface area contributed by atoms with Gasteiger partial charge in [-0.2, -0.15) is 0 Å². The molecule has 0 radical (unpaired) electrons. The molecule has 108 valence electrons. The molecule has 0 atom stereocenters. The molecule has 5 heteroatoms. The maximum absolute atomic E-state index is 11.7. The van der Waals surface area contributed by atoms with Crippen LogP contribution in [0.15, 0.2) is 24.3 Å². The highest BCUT2D eigenvalue weighted by atomic mass is 35.5. The van der Waals surface area contributed by atoms with Crippen molar-refractivity contribution >= 4 is 30.1 Å². The lowest BCUT2D eigenvalue weighted by Gasteiger charge is -2.24. The fourth-order valence-corrected chi connectivity index (χ4v) is 2.30. The summed E-state index contributed by atoms with van der Waals surface area (Å²) in [5, 5.41) is 2.92. The van der Waals surface area contributed by atoms with E-state index in [0.717, 1.165) is 5.75 Å². The molecule has 0 spiro atoms. The Labute approximate surface area is 126 Å². The zero-order chi connectivity index (χ0) is 13.6. The van der Waals surface area contributed by atoms with E-state index in [9.17, 15) is 4.79 Å². The van der Waals surface area contributed by atoms with Gasteiger partial charge in [-0.1, -0.05) is 29.8 Å². The number of hydrogen-bond acceptors (Lipinski definition) is 3. The quantitative estimate of drug-likeness (QED) is 0.849. The van der Waals surface area contributed by atoms with Crippen LogP contribution in [-0.4, -0.2) is 23.7 Å². The molecule has 3 N–H and O–H groups in total. The van der Waals surface area contributed by atoms with Crippen LogP contribution in [0.2, 0.25) is 0 Å². The number of aryl methyl sites for hydroxylation is 1. The number of nitrogens with two attached hydrogens (primary N) is 1. The number of carbonyl (C=O) groups is 1. The van der Waals surface area contributed by atoms with Gasteiger partial charge < -0.3 is 11.1 Å². The zero-order valence-corrected chi connectivity index (χ0v) is 13.4. The number of thioether (sulfide) groups is 1. The van der Waals surface area contributed by atoms with Gasteiger partial charge in [0.2, 0.25) is 5.91 Å². The first-order valence-electron chi connectivity index (χ1n) is 6.07. The molecule has 0 bridgehead atoms. The number of rotatable bonds is 6. The molecule has 0 saturated heterocycles. The van der Waals surface area contributed by atoms with Gasteiger partial charge in [0.05, 0.1) is 5.75 Å². The van der Waals surface area contributed by atoms with Crippen molar-refractivity contribution in [2.75, 3.05) is 12.3 Å². The minimum Gasteiger partial charge on any atom is -0.349 e. The smallest absolute Gasteiger partial charge is 0.230 e. The van der Waals surface area contributed by atoms with Gasteiger partial charge in [0, 0.05) is 17.8 Å². The highest BCUT2D eigenvalue weighted by molar-refractivity contribution is 7.99. The first-order chi connectivity index (χ1) is 8.43. The van der Waals surface area contributed by atoms with Gasteiger partial charge >= 0.3 is 0 Å². The molecule has 19 heavy (non-hydrogen) atoms. The summed E-state index contributed by atoms with van der Waals surface area (Å²) in [6.45, 7) is 6.37. The van der Waals surface area contributed by atoms with Crippen LogP contribution < -0.4 is 11.1 Å². The first kappa shape index (κ1) is 18.3. The normalized spacial score (nSPS) is 10.7. The van der Waals surface area contributed by atoms with Crippen molar-refractivity contribution in [3.63, 3.8) is 0 Å². The molecule has 0 aliphatic heterocycles. The molecule has 1 aromatic rings. The van der Waals surface area contributed by atoms with Crippen molar-refractivity contribution in [3.05, 3.63) is 35.4 Å². The van der Waals surface area contributed by atoms with Gasteiger partial charge in [-0.15, -0.1) is 24.2 Å². The lowest BCUT2D eigenvalue weighted by molar-refractivity contribution is -0.120. The average molecular weight is 303 g/mol. The molecule has 0 aromatic heterocycles. The molecule has 0 saturated carbocycles. The van der Waals surface area contributed by atoms with Gasteiger partial charge in [-0.3, -0.25) is 4.79 Å². The maximum atomic E-state index is 11.7. The van der Waals surface area contributed by atoms with E-state index in [4.69, 9.17) is 5.73 Å². The summed E-state index contributed by atoms with van der Waals surface area (Å²) in [5.41, 5.74) is 7.76. The number of nitrogens with one attached hydrogen (secondary N) is 1. The lowest BCUT2D eigenvalue weighted by atomic mass is 10.1. The summed E-state index contributed by atoms with van der Waals surface area (Å²) in [5.74, 6) is 1.37. The third-order valence-corrected chi connectivity index (χ3v) is 3.58. The van der Waals surface area contributed by atoms with Crippen LogP contribution in [0.25, 0.3) is 0 Å². The predicted molar refractivity (Wildman–Crippen MR) is 85.9 cm³/mol. The van der Waals surface area contributed by atoms with Gasteiger partial charge in [0.15, 0.2) is 0 Å². The fourth-order valence-electron chi connectivity index (χ4n) is 1.53. The summed E-state index contributed by atoms with van der Waals surface area (Å²) in [6, 6.07) is 8.35. The molecule has 1 aromatic carbocycles. The number of hydrogen-bond donors (Lipinski definition) is 2. The molecule has 0 aliphatic rings. The zero-order valence-electron chi connectivity index (χ0n) is 11.7. The average Bonchev–Trinajstić information content (AvgIpc) is 2.28. The van der Waals surface area contributed by atoms with E-state index in [1.165, 1.54) is 11.1 Å². The van der Waals surface area contributed by atoms with Crippen LogP contribution in [0.3, 0.4) is 0 Å². The summed E-state index contributed by atoms with van der Waals surface area (Å²) in [6.07, 6.45) is 0. The molecule has 1 amide bonds. The van der Waals surface area contributed by atoms with Gasteiger partial charge in [0.1, 0.15) is 0 Å². The molecule has 1 rings (SSSR count). The minimum atomic E-state index is -0.318. The third-order valence-electron chi connectivity index (χ3n) is 2.57. The minimum absolute atomic E-state index is 0.